The zero-order valence-corrected chi connectivity index (χ0v) is 36.6. The van der Waals surface area contributed by atoms with Gasteiger partial charge in [0.15, 0.2) is 11.6 Å². The van der Waals surface area contributed by atoms with Gasteiger partial charge < -0.3 is 14.4 Å². The zero-order valence-electron chi connectivity index (χ0n) is 31.8. The fourth-order valence-corrected chi connectivity index (χ4v) is 8.48. The molecule has 0 bridgehead atoms. The molecule has 0 unspecified atom stereocenters. The smallest absolute Gasteiger partial charge is 0.414 e. The zero-order chi connectivity index (χ0) is 39.9. The Morgan fingerprint density at radius 1 is 0.712 bits per heavy atom. The van der Waals surface area contributed by atoms with E-state index in [9.17, 15) is 19.2 Å². The number of benzene rings is 2. The molecule has 8 rings (SSSR count). The van der Waals surface area contributed by atoms with Crippen molar-refractivity contribution in [1.29, 1.82) is 0 Å². The summed E-state index contributed by atoms with van der Waals surface area (Å²) in [5.41, 5.74) is 6.60. The van der Waals surface area contributed by atoms with Crippen LogP contribution in [0.4, 0.5) is 32.3 Å². The van der Waals surface area contributed by atoms with Gasteiger partial charge in [0, 0.05) is 37.8 Å². The maximum atomic E-state index is 12.3. The number of hydrogen-bond donors (Lipinski definition) is 1. The molecule has 2 atom stereocenters. The molecular formula is C39H42Cl4N8O6S2. The first-order chi connectivity index (χ1) is 27.6. The second-order valence-electron chi connectivity index (χ2n) is 13.5. The molecule has 14 nitrogen and oxygen atoms in total. The lowest BCUT2D eigenvalue weighted by Crippen LogP contribution is -2.42. The molecule has 2 fully saturated rings. The molecule has 0 saturated carbocycles. The van der Waals surface area contributed by atoms with Crippen LogP contribution in [-0.2, 0) is 9.47 Å². The van der Waals surface area contributed by atoms with Crippen LogP contribution in [0.3, 0.4) is 0 Å². The van der Waals surface area contributed by atoms with Crippen molar-refractivity contribution >= 4 is 130 Å². The number of ether oxygens (including phenoxy) is 2. The van der Waals surface area contributed by atoms with Gasteiger partial charge in [0.2, 0.25) is 0 Å². The van der Waals surface area contributed by atoms with Crippen molar-refractivity contribution in [3.05, 3.63) is 91.2 Å². The Kier molecular flexibility index (Phi) is 16.3. The van der Waals surface area contributed by atoms with Crippen LogP contribution < -0.4 is 25.2 Å². The summed E-state index contributed by atoms with van der Waals surface area (Å²) < 4.78 is 12.1. The summed E-state index contributed by atoms with van der Waals surface area (Å²) in [5.74, 6) is 0.0433. The minimum atomic E-state index is -0.382. The van der Waals surface area contributed by atoms with E-state index < -0.39 is 0 Å². The number of nitrogens with one attached hydrogen (secondary N) is 1. The normalized spacial score (nSPS) is 18.3. The fourth-order valence-electron chi connectivity index (χ4n) is 6.46. The van der Waals surface area contributed by atoms with Crippen LogP contribution in [0.15, 0.2) is 82.9 Å². The van der Waals surface area contributed by atoms with Crippen molar-refractivity contribution in [2.75, 3.05) is 66.1 Å². The molecule has 4 aliphatic rings. The third-order valence-electron chi connectivity index (χ3n) is 9.57. The number of hydrazine groups is 1. The van der Waals surface area contributed by atoms with Gasteiger partial charge in [-0.2, -0.15) is 5.10 Å². The number of Topliss-reactive ketones (excluding diaryl/α,β-unsaturated/α-hetero) is 2. The largest absolute Gasteiger partial charge is 0.444 e. The molecule has 6 heterocycles. The first kappa shape index (κ1) is 45.5. The molecule has 314 valence electrons. The van der Waals surface area contributed by atoms with Crippen LogP contribution in [0.2, 0.25) is 8.67 Å². The number of rotatable bonds is 12. The summed E-state index contributed by atoms with van der Waals surface area (Å²) in [6.45, 7) is 4.11. The number of halogens is 4. The van der Waals surface area contributed by atoms with Crippen molar-refractivity contribution in [1.82, 2.24) is 10.3 Å². The van der Waals surface area contributed by atoms with Crippen LogP contribution in [0.5, 0.6) is 0 Å². The van der Waals surface area contributed by atoms with Gasteiger partial charge in [0.05, 0.1) is 62.5 Å². The predicted octanol–water partition coefficient (Wildman–Crippen LogP) is 8.67. The number of carbonyl (C=O) groups is 4. The monoisotopic (exact) mass is 922 g/mol. The molecule has 2 aromatic heterocycles. The molecule has 2 aromatic carbocycles. The van der Waals surface area contributed by atoms with Crippen LogP contribution >= 0.6 is 70.7 Å². The lowest BCUT2D eigenvalue weighted by molar-refractivity contribution is 0.0939. The van der Waals surface area contributed by atoms with E-state index in [1.54, 1.807) is 46.7 Å². The van der Waals surface area contributed by atoms with Crippen LogP contribution in [0.25, 0.3) is 0 Å². The first-order valence-electron chi connectivity index (χ1n) is 18.4. The average molecular weight is 925 g/mol. The predicted molar refractivity (Wildman–Crippen MR) is 241 cm³/mol. The number of amides is 2. The quantitative estimate of drug-likeness (QED) is 0.137. The van der Waals surface area contributed by atoms with Gasteiger partial charge in [0.1, 0.15) is 24.9 Å². The number of cyclic esters (lactones) is 2. The van der Waals surface area contributed by atoms with Crippen LogP contribution in [-0.4, -0.2) is 99.9 Å². The van der Waals surface area contributed by atoms with Crippen molar-refractivity contribution in [3.8, 4) is 0 Å². The summed E-state index contributed by atoms with van der Waals surface area (Å²) in [6, 6.07) is 22.3. The van der Waals surface area contributed by atoms with E-state index in [-0.39, 0.29) is 60.8 Å². The number of ketones is 2. The summed E-state index contributed by atoms with van der Waals surface area (Å²) in [6.07, 6.45) is 3.73. The molecule has 2 amide bonds. The minimum absolute atomic E-state index is 0. The van der Waals surface area contributed by atoms with E-state index in [0.29, 0.717) is 57.2 Å². The molecule has 0 spiro atoms. The highest BCUT2D eigenvalue weighted by Crippen LogP contribution is 2.30. The third kappa shape index (κ3) is 11.8. The highest BCUT2D eigenvalue weighted by atomic mass is 35.5. The average Bonchev–Trinajstić information content (AvgIpc) is 4.04. The Morgan fingerprint density at radius 3 is 1.63 bits per heavy atom. The third-order valence-corrected chi connectivity index (χ3v) is 12.1. The molecule has 0 aliphatic carbocycles. The molecule has 20 heteroatoms. The molecule has 59 heavy (non-hydrogen) atoms. The molecule has 4 aliphatic heterocycles. The maximum Gasteiger partial charge on any atom is 0.414 e. The van der Waals surface area contributed by atoms with Gasteiger partial charge >= 0.3 is 12.2 Å². The van der Waals surface area contributed by atoms with Gasteiger partial charge in [-0.3, -0.25) is 39.8 Å². The lowest BCUT2D eigenvalue weighted by atomic mass is 10.1. The molecule has 0 radical (unpaired) electrons. The van der Waals surface area contributed by atoms with E-state index in [4.69, 9.17) is 32.7 Å². The van der Waals surface area contributed by atoms with Crippen molar-refractivity contribution in [2.45, 2.75) is 37.9 Å². The van der Waals surface area contributed by atoms with E-state index >= 15 is 0 Å². The maximum absolute atomic E-state index is 12.3. The minimum Gasteiger partial charge on any atom is -0.444 e. The van der Waals surface area contributed by atoms with Crippen molar-refractivity contribution in [2.24, 2.45) is 10.1 Å². The number of anilines is 4. The number of carbonyl (C=O) groups excluding carboxylic acids is 4. The Morgan fingerprint density at radius 2 is 1.20 bits per heavy atom. The number of likely N-dealkylation sites (N-methyl/N-ethyl adjacent to an activating group) is 1. The molecule has 2 saturated heterocycles. The van der Waals surface area contributed by atoms with Crippen LogP contribution in [0.1, 0.15) is 45.0 Å². The van der Waals surface area contributed by atoms with Gasteiger partial charge in [-0.15, -0.1) is 47.5 Å². The number of aliphatic imine (C=N–C) groups is 1. The summed E-state index contributed by atoms with van der Waals surface area (Å²) >= 11 is 14.3. The topological polar surface area (TPSA) is 140 Å². The Hall–Kier alpha value is -4.58. The Labute approximate surface area is 372 Å². The Balaban J connectivity index is 0.000000217. The SMILES string of the molecule is CN1C=NN(c2ccc(N3C[C@H](CCC(=O)c4ccc(Cl)s4)OC3=O)cc2)CC1.Cl.Cl.O=C(CC[C@H]1CN(c2ccc(N3CCN=CN3)cc2)C(=O)O1)c1ccc(Cl)s1. The highest BCUT2D eigenvalue weighted by molar-refractivity contribution is 7.18. The molecular weight excluding hydrogens is 882 g/mol. The number of thiophene rings is 2. The summed E-state index contributed by atoms with van der Waals surface area (Å²) in [7, 11) is 1.99. The van der Waals surface area contributed by atoms with Gasteiger partial charge in [-0.1, -0.05) is 23.2 Å². The fraction of sp³-hybridized carbons (Fsp3) is 0.333. The van der Waals surface area contributed by atoms with E-state index in [0.717, 1.165) is 48.9 Å². The van der Waals surface area contributed by atoms with Crippen molar-refractivity contribution < 1.29 is 28.7 Å². The highest BCUT2D eigenvalue weighted by Gasteiger charge is 2.34. The molecule has 4 aromatic rings. The summed E-state index contributed by atoms with van der Waals surface area (Å²) in [5, 5.41) is 8.31. The van der Waals surface area contributed by atoms with E-state index in [1.165, 1.54) is 22.7 Å². The lowest BCUT2D eigenvalue weighted by Gasteiger charge is -2.27. The number of nitrogens with zero attached hydrogens (tertiary/aromatic N) is 7. The first-order valence-corrected chi connectivity index (χ1v) is 20.8. The second kappa shape index (κ2) is 21.1. The van der Waals surface area contributed by atoms with E-state index in [1.807, 2.05) is 70.5 Å². The van der Waals surface area contributed by atoms with E-state index in [2.05, 4.69) is 15.5 Å². The van der Waals surface area contributed by atoms with Gasteiger partial charge in [-0.05, 0) is 85.6 Å². The Bertz CT molecular complexity index is 2140. The summed E-state index contributed by atoms with van der Waals surface area (Å²) in [4.78, 5) is 59.6. The number of hydrogen-bond acceptors (Lipinski definition) is 14. The second-order valence-corrected chi connectivity index (χ2v) is 17.0. The van der Waals surface area contributed by atoms with Gasteiger partial charge in [0.25, 0.3) is 0 Å². The standard InChI is InChI=1S/C20H21ClN4O3S.C19H19ClN4O3S.2ClH/c1-23-10-11-25(22-13-23)15-4-2-14(3-5-15)24-12-16(28-20(24)27)6-7-17(26)18-8-9-19(21)29-18;20-18-8-7-17(28-18)16(25)6-5-15-11-23(19(26)27-15)13-1-3-14(4-2-13)24-10-9-21-12-22-24;;/h2-5,8-9,13,16H,6-7,10-12H2,1H3;1-4,7-8,12,15H,5-6,9-11H2,(H,21,22);2*1H/t16-;15-;;/m00../s1. The van der Waals surface area contributed by atoms with Crippen LogP contribution in [0, 0.1) is 0 Å². The number of hydrazone groups is 1. The van der Waals surface area contributed by atoms with Gasteiger partial charge in [-0.25, -0.2) is 9.59 Å². The van der Waals surface area contributed by atoms with Crippen molar-refractivity contribution in [3.63, 3.8) is 0 Å². The molecule has 1 N–H and O–H groups in total.